The highest BCUT2D eigenvalue weighted by Gasteiger charge is 2.31. The molecule has 5 nitrogen and oxygen atoms in total. The Balaban J connectivity index is 0.00000264. The molecule has 0 radical (unpaired) electrons. The van der Waals surface area contributed by atoms with Crippen LogP contribution in [0.2, 0.25) is 0 Å². The lowest BCUT2D eigenvalue weighted by atomic mass is 9.83. The second-order valence-electron chi connectivity index (χ2n) is 6.71. The van der Waals surface area contributed by atoms with Gasteiger partial charge >= 0.3 is 0 Å². The number of halogens is 1. The number of hydrogen-bond acceptors (Lipinski definition) is 3. The van der Waals surface area contributed by atoms with Crippen molar-refractivity contribution in [1.82, 2.24) is 15.8 Å². The maximum Gasteiger partial charge on any atom is 0.191 e. The number of nitrogens with one attached hydrogen (secondary N) is 2. The van der Waals surface area contributed by atoms with Gasteiger partial charge in [0.1, 0.15) is 0 Å². The fraction of sp³-hybridized carbons (Fsp3) is 0.765. The van der Waals surface area contributed by atoms with Crippen LogP contribution in [-0.4, -0.2) is 24.7 Å². The minimum Gasteiger partial charge on any atom is -0.359 e. The van der Waals surface area contributed by atoms with Gasteiger partial charge < -0.3 is 15.2 Å². The first-order valence-corrected chi connectivity index (χ1v) is 8.48. The van der Waals surface area contributed by atoms with Gasteiger partial charge in [-0.3, -0.25) is 4.99 Å². The van der Waals surface area contributed by atoms with E-state index < -0.39 is 0 Å². The van der Waals surface area contributed by atoms with Crippen LogP contribution in [0.15, 0.2) is 15.6 Å². The molecule has 1 saturated carbocycles. The quantitative estimate of drug-likeness (QED) is 0.403. The highest BCUT2D eigenvalue weighted by Crippen LogP contribution is 2.40. The van der Waals surface area contributed by atoms with Crippen LogP contribution in [0.25, 0.3) is 0 Å². The Morgan fingerprint density at radius 3 is 2.57 bits per heavy atom. The third kappa shape index (κ3) is 5.65. The van der Waals surface area contributed by atoms with E-state index in [4.69, 9.17) is 4.52 Å². The predicted octanol–water partition coefficient (Wildman–Crippen LogP) is 4.05. The molecule has 1 aromatic rings. The summed E-state index contributed by atoms with van der Waals surface area (Å²) in [6.07, 6.45) is 6.60. The van der Waals surface area contributed by atoms with Gasteiger partial charge in [0.15, 0.2) is 11.7 Å². The molecule has 0 aromatic carbocycles. The fourth-order valence-corrected chi connectivity index (χ4v) is 3.13. The number of rotatable bonds is 6. The predicted molar refractivity (Wildman–Crippen MR) is 105 cm³/mol. The van der Waals surface area contributed by atoms with Gasteiger partial charge in [0.05, 0.1) is 12.2 Å². The first kappa shape index (κ1) is 20.3. The van der Waals surface area contributed by atoms with E-state index in [0.29, 0.717) is 17.9 Å². The van der Waals surface area contributed by atoms with E-state index in [-0.39, 0.29) is 24.0 Å². The van der Waals surface area contributed by atoms with E-state index in [0.717, 1.165) is 24.0 Å². The second kappa shape index (κ2) is 9.49. The van der Waals surface area contributed by atoms with Gasteiger partial charge in [0.2, 0.25) is 0 Å². The summed E-state index contributed by atoms with van der Waals surface area (Å²) >= 11 is 0. The van der Waals surface area contributed by atoms with Gasteiger partial charge in [-0.2, -0.15) is 0 Å². The molecule has 2 N–H and O–H groups in total. The summed E-state index contributed by atoms with van der Waals surface area (Å²) in [4.78, 5) is 4.30. The second-order valence-corrected chi connectivity index (χ2v) is 6.71. The standard InChI is InChI=1S/C17H30N4O.HI/c1-5-17(8-6-7-9-17)12-20-16(18-4)19-11-14-10-15(13(2)3)21-22-14;/h10,13H,5-9,11-12H2,1-4H3,(H2,18,19,20);1H. The Hall–Kier alpha value is -0.790. The molecule has 1 aromatic heterocycles. The summed E-state index contributed by atoms with van der Waals surface area (Å²) in [6, 6.07) is 2.01. The molecular formula is C17H31IN4O. The van der Waals surface area contributed by atoms with Crippen LogP contribution in [0, 0.1) is 5.41 Å². The summed E-state index contributed by atoms with van der Waals surface area (Å²) in [5.74, 6) is 2.07. The molecule has 1 heterocycles. The number of aliphatic imine (C=N–C) groups is 1. The van der Waals surface area contributed by atoms with Crippen LogP contribution in [0.5, 0.6) is 0 Å². The normalized spacial score (nSPS) is 17.2. The van der Waals surface area contributed by atoms with Gasteiger partial charge in [-0.25, -0.2) is 0 Å². The van der Waals surface area contributed by atoms with Crippen molar-refractivity contribution in [3.8, 4) is 0 Å². The van der Waals surface area contributed by atoms with Crippen molar-refractivity contribution in [3.63, 3.8) is 0 Å². The molecule has 1 aliphatic rings. The molecule has 0 spiro atoms. The highest BCUT2D eigenvalue weighted by atomic mass is 127. The molecule has 6 heteroatoms. The van der Waals surface area contributed by atoms with E-state index >= 15 is 0 Å². The molecule has 1 fully saturated rings. The average molecular weight is 434 g/mol. The largest absolute Gasteiger partial charge is 0.359 e. The molecule has 0 bridgehead atoms. The minimum atomic E-state index is 0. The fourth-order valence-electron chi connectivity index (χ4n) is 3.13. The Morgan fingerprint density at radius 2 is 2.04 bits per heavy atom. The molecule has 2 rings (SSSR count). The maximum absolute atomic E-state index is 5.34. The number of hydrogen-bond donors (Lipinski definition) is 2. The van der Waals surface area contributed by atoms with Crippen LogP contribution in [0.3, 0.4) is 0 Å². The smallest absolute Gasteiger partial charge is 0.191 e. The summed E-state index contributed by atoms with van der Waals surface area (Å²) in [5.41, 5.74) is 1.45. The average Bonchev–Trinajstić information content (AvgIpc) is 3.17. The van der Waals surface area contributed by atoms with Crippen LogP contribution in [0.1, 0.15) is 70.2 Å². The molecule has 0 aliphatic heterocycles. The van der Waals surface area contributed by atoms with Gasteiger partial charge in [-0.15, -0.1) is 24.0 Å². The van der Waals surface area contributed by atoms with Crippen molar-refractivity contribution in [2.45, 2.75) is 65.3 Å². The zero-order valence-corrected chi connectivity index (χ0v) is 17.1. The van der Waals surface area contributed by atoms with Crippen molar-refractivity contribution < 1.29 is 4.52 Å². The molecular weight excluding hydrogens is 403 g/mol. The van der Waals surface area contributed by atoms with Crippen LogP contribution in [-0.2, 0) is 6.54 Å². The van der Waals surface area contributed by atoms with Gasteiger partial charge in [0.25, 0.3) is 0 Å². The van der Waals surface area contributed by atoms with Crippen LogP contribution in [0.4, 0.5) is 0 Å². The topological polar surface area (TPSA) is 62.5 Å². The van der Waals surface area contributed by atoms with E-state index in [1.54, 1.807) is 0 Å². The Morgan fingerprint density at radius 1 is 1.35 bits per heavy atom. The van der Waals surface area contributed by atoms with Crippen molar-refractivity contribution in [1.29, 1.82) is 0 Å². The Labute approximate surface area is 157 Å². The number of nitrogens with zero attached hydrogens (tertiary/aromatic N) is 2. The van der Waals surface area contributed by atoms with Crippen LogP contribution < -0.4 is 10.6 Å². The molecule has 0 amide bonds. The minimum absolute atomic E-state index is 0. The third-order valence-corrected chi connectivity index (χ3v) is 4.87. The van der Waals surface area contributed by atoms with Crippen molar-refractivity contribution in [2.24, 2.45) is 10.4 Å². The summed E-state index contributed by atoms with van der Waals surface area (Å²) < 4.78 is 5.34. The van der Waals surface area contributed by atoms with Gasteiger partial charge in [-0.1, -0.05) is 38.8 Å². The molecule has 132 valence electrons. The summed E-state index contributed by atoms with van der Waals surface area (Å²) in [7, 11) is 1.81. The SMILES string of the molecule is CCC1(CNC(=NC)NCc2cc(C(C)C)no2)CCCC1.I. The highest BCUT2D eigenvalue weighted by molar-refractivity contribution is 14.0. The lowest BCUT2D eigenvalue weighted by molar-refractivity contribution is 0.283. The Bertz CT molecular complexity index is 493. The molecule has 0 saturated heterocycles. The lowest BCUT2D eigenvalue weighted by Crippen LogP contribution is -2.42. The zero-order chi connectivity index (χ0) is 16.0. The maximum atomic E-state index is 5.34. The summed E-state index contributed by atoms with van der Waals surface area (Å²) in [5, 5.41) is 10.9. The molecule has 0 unspecified atom stereocenters. The van der Waals surface area contributed by atoms with E-state index in [1.807, 2.05) is 13.1 Å². The molecule has 1 aliphatic carbocycles. The number of aromatic nitrogens is 1. The van der Waals surface area contributed by atoms with E-state index in [9.17, 15) is 0 Å². The van der Waals surface area contributed by atoms with Gasteiger partial charge in [0, 0.05) is 19.7 Å². The molecule has 23 heavy (non-hydrogen) atoms. The first-order chi connectivity index (χ1) is 10.6. The van der Waals surface area contributed by atoms with E-state index in [1.165, 1.54) is 32.1 Å². The van der Waals surface area contributed by atoms with Crippen molar-refractivity contribution in [3.05, 3.63) is 17.5 Å². The Kier molecular flexibility index (Phi) is 8.36. The van der Waals surface area contributed by atoms with Gasteiger partial charge in [-0.05, 0) is 30.6 Å². The summed E-state index contributed by atoms with van der Waals surface area (Å²) in [6.45, 7) is 8.13. The zero-order valence-electron chi connectivity index (χ0n) is 14.8. The van der Waals surface area contributed by atoms with Crippen molar-refractivity contribution in [2.75, 3.05) is 13.6 Å². The van der Waals surface area contributed by atoms with Crippen molar-refractivity contribution >= 4 is 29.9 Å². The third-order valence-electron chi connectivity index (χ3n) is 4.87. The number of guanidine groups is 1. The molecule has 0 atom stereocenters. The van der Waals surface area contributed by atoms with Crippen LogP contribution >= 0.6 is 24.0 Å². The lowest BCUT2D eigenvalue weighted by Gasteiger charge is -2.28. The monoisotopic (exact) mass is 434 g/mol. The first-order valence-electron chi connectivity index (χ1n) is 8.48. The van der Waals surface area contributed by atoms with E-state index in [2.05, 4.69) is 41.6 Å².